The smallest absolute Gasteiger partial charge is 0.226 e. The van der Waals surface area contributed by atoms with Crippen molar-refractivity contribution < 1.29 is 4.74 Å². The number of nitrogens with two attached hydrogens (primary N) is 1. The molecule has 176 valence electrons. The Bertz CT molecular complexity index is 1020. The van der Waals surface area contributed by atoms with Crippen molar-refractivity contribution >= 4 is 23.5 Å². The number of nitrogens with one attached hydrogen (secondary N) is 1. The van der Waals surface area contributed by atoms with Gasteiger partial charge in [-0.3, -0.25) is 14.6 Å². The minimum absolute atomic E-state index is 0.0958. The van der Waals surface area contributed by atoms with Crippen LogP contribution < -0.4 is 10.6 Å². The first-order chi connectivity index (χ1) is 16.1. The number of aromatic nitrogens is 5. The van der Waals surface area contributed by atoms with Gasteiger partial charge in [-0.15, -0.1) is 10.2 Å². The van der Waals surface area contributed by atoms with E-state index in [4.69, 9.17) is 22.1 Å². The monoisotopic (exact) mass is 470 g/mol. The van der Waals surface area contributed by atoms with E-state index in [0.717, 1.165) is 49.9 Å². The predicted octanol–water partition coefficient (Wildman–Crippen LogP) is 2.78. The van der Waals surface area contributed by atoms with Crippen molar-refractivity contribution in [2.75, 3.05) is 36.9 Å². The number of ether oxygens (including phenoxy) is 1. The predicted molar refractivity (Wildman–Crippen MR) is 128 cm³/mol. The average Bonchev–Trinajstić information content (AvgIpc) is 3.53. The Hall–Kier alpha value is -2.62. The number of benzene rings is 1. The quantitative estimate of drug-likeness (QED) is 0.571. The zero-order valence-corrected chi connectivity index (χ0v) is 19.6. The lowest BCUT2D eigenvalue weighted by Gasteiger charge is -2.47. The molecule has 3 atom stereocenters. The third-order valence-corrected chi connectivity index (χ3v) is 7.20. The number of anilines is 2. The van der Waals surface area contributed by atoms with Gasteiger partial charge in [0.2, 0.25) is 11.9 Å². The van der Waals surface area contributed by atoms with E-state index >= 15 is 0 Å². The summed E-state index contributed by atoms with van der Waals surface area (Å²) in [6.45, 7) is 5.62. The molecule has 5 rings (SSSR count). The van der Waals surface area contributed by atoms with E-state index in [0.29, 0.717) is 24.6 Å². The van der Waals surface area contributed by atoms with Crippen LogP contribution in [0.3, 0.4) is 0 Å². The van der Waals surface area contributed by atoms with Crippen molar-refractivity contribution in [1.82, 2.24) is 29.9 Å². The first-order valence-corrected chi connectivity index (χ1v) is 12.0. The minimum Gasteiger partial charge on any atom is -0.373 e. The van der Waals surface area contributed by atoms with Gasteiger partial charge in [-0.05, 0) is 49.9 Å². The third kappa shape index (κ3) is 5.00. The lowest BCUT2D eigenvalue weighted by molar-refractivity contribution is -0.0992. The van der Waals surface area contributed by atoms with E-state index in [9.17, 15) is 0 Å². The van der Waals surface area contributed by atoms with Crippen molar-refractivity contribution in [2.24, 2.45) is 0 Å². The van der Waals surface area contributed by atoms with Gasteiger partial charge in [0.1, 0.15) is 0 Å². The summed E-state index contributed by atoms with van der Waals surface area (Å²) >= 11 is 6.11. The molecule has 4 heterocycles. The topological polar surface area (TPSA) is 101 Å². The van der Waals surface area contributed by atoms with Crippen LogP contribution in [0.4, 0.5) is 11.9 Å². The number of morpholine rings is 1. The maximum atomic E-state index is 6.41. The number of H-pyrrole nitrogens is 1. The molecular formula is C23H31ClN8O. The highest BCUT2D eigenvalue weighted by Crippen LogP contribution is 2.29. The van der Waals surface area contributed by atoms with Gasteiger partial charge in [-0.2, -0.15) is 5.10 Å². The molecule has 2 saturated heterocycles. The highest BCUT2D eigenvalue weighted by Gasteiger charge is 2.38. The Morgan fingerprint density at radius 2 is 2.00 bits per heavy atom. The molecule has 0 spiro atoms. The second kappa shape index (κ2) is 9.70. The summed E-state index contributed by atoms with van der Waals surface area (Å²) in [5.74, 6) is 1.12. The molecule has 1 aromatic carbocycles. The summed E-state index contributed by atoms with van der Waals surface area (Å²) < 4.78 is 8.41. The van der Waals surface area contributed by atoms with Gasteiger partial charge in [0.25, 0.3) is 0 Å². The normalized spacial score (nSPS) is 23.6. The number of hydrogen-bond acceptors (Lipinski definition) is 7. The zero-order valence-electron chi connectivity index (χ0n) is 18.8. The van der Waals surface area contributed by atoms with E-state index in [1.165, 1.54) is 5.56 Å². The first kappa shape index (κ1) is 22.2. The second-order valence-corrected chi connectivity index (χ2v) is 9.47. The summed E-state index contributed by atoms with van der Waals surface area (Å²) in [6, 6.07) is 11.1. The van der Waals surface area contributed by atoms with Gasteiger partial charge >= 0.3 is 0 Å². The molecule has 2 aliphatic rings. The van der Waals surface area contributed by atoms with Crippen molar-refractivity contribution in [2.45, 2.75) is 50.4 Å². The Morgan fingerprint density at radius 1 is 1.21 bits per heavy atom. The lowest BCUT2D eigenvalue weighted by Crippen LogP contribution is -2.58. The SMILES string of the molecule is C[C@H]([C@H]1CN(C2CCN(c3nnc(N)[nH]3)CC2)[C@@H](Cc2ccc(Cl)cc2)CO1)n1cccn1. The van der Waals surface area contributed by atoms with Gasteiger partial charge in [0.05, 0.1) is 18.8 Å². The van der Waals surface area contributed by atoms with Crippen molar-refractivity contribution in [3.8, 4) is 0 Å². The Labute approximate surface area is 198 Å². The standard InChI is InChI=1S/C23H31ClN8O/c1-16(32-10-2-9-26-32)21-14-31(20(15-33-21)13-17-3-5-18(24)6-4-17)19-7-11-30(12-8-19)23-27-22(25)28-29-23/h2-6,9-10,16,19-21H,7-8,11-15H2,1H3,(H3,25,27,28,29)/t16-,20+,21-/m1/s1. The highest BCUT2D eigenvalue weighted by atomic mass is 35.5. The molecule has 0 aliphatic carbocycles. The molecule has 2 aromatic heterocycles. The van der Waals surface area contributed by atoms with Crippen LogP contribution in [-0.4, -0.2) is 74.3 Å². The van der Waals surface area contributed by atoms with Crippen molar-refractivity contribution in [3.05, 3.63) is 53.3 Å². The fraction of sp³-hybridized carbons (Fsp3) is 0.522. The van der Waals surface area contributed by atoms with E-state index in [2.05, 4.69) is 49.1 Å². The number of halogens is 1. The third-order valence-electron chi connectivity index (χ3n) is 6.95. The van der Waals surface area contributed by atoms with E-state index in [-0.39, 0.29) is 12.1 Å². The Kier molecular flexibility index (Phi) is 6.52. The van der Waals surface area contributed by atoms with Gasteiger partial charge in [0.15, 0.2) is 0 Å². The van der Waals surface area contributed by atoms with Crippen LogP contribution in [0.2, 0.25) is 5.02 Å². The van der Waals surface area contributed by atoms with E-state index < -0.39 is 0 Å². The van der Waals surface area contributed by atoms with Crippen LogP contribution in [0.5, 0.6) is 0 Å². The first-order valence-electron chi connectivity index (χ1n) is 11.6. The molecule has 3 aromatic rings. The Morgan fingerprint density at radius 3 is 2.67 bits per heavy atom. The maximum absolute atomic E-state index is 6.41. The number of nitrogen functional groups attached to an aromatic ring is 1. The van der Waals surface area contributed by atoms with Crippen LogP contribution in [0.15, 0.2) is 42.7 Å². The molecule has 0 amide bonds. The summed E-state index contributed by atoms with van der Waals surface area (Å²) in [6.07, 6.45) is 6.99. The minimum atomic E-state index is 0.0958. The summed E-state index contributed by atoms with van der Waals surface area (Å²) in [7, 11) is 0. The van der Waals surface area contributed by atoms with Gasteiger partial charge in [-0.1, -0.05) is 23.7 Å². The van der Waals surface area contributed by atoms with Crippen LogP contribution in [0.1, 0.15) is 31.4 Å². The van der Waals surface area contributed by atoms with Crippen LogP contribution >= 0.6 is 11.6 Å². The molecule has 0 saturated carbocycles. The summed E-state index contributed by atoms with van der Waals surface area (Å²) in [4.78, 5) is 7.96. The van der Waals surface area contributed by atoms with Crippen LogP contribution in [0.25, 0.3) is 0 Å². The zero-order chi connectivity index (χ0) is 22.8. The fourth-order valence-electron chi connectivity index (χ4n) is 5.06. The number of nitrogens with zero attached hydrogens (tertiary/aromatic N) is 6. The molecular weight excluding hydrogens is 440 g/mol. The lowest BCUT2D eigenvalue weighted by atomic mass is 9.95. The second-order valence-electron chi connectivity index (χ2n) is 9.03. The molecule has 0 unspecified atom stereocenters. The molecule has 10 heteroatoms. The number of aromatic amines is 1. The molecule has 33 heavy (non-hydrogen) atoms. The van der Waals surface area contributed by atoms with Crippen molar-refractivity contribution in [1.29, 1.82) is 0 Å². The van der Waals surface area contributed by atoms with Crippen LogP contribution in [-0.2, 0) is 11.2 Å². The molecule has 3 N–H and O–H groups in total. The largest absolute Gasteiger partial charge is 0.373 e. The highest BCUT2D eigenvalue weighted by molar-refractivity contribution is 6.30. The molecule has 0 radical (unpaired) electrons. The van der Waals surface area contributed by atoms with Gasteiger partial charge in [0, 0.05) is 49.1 Å². The van der Waals surface area contributed by atoms with Crippen LogP contribution in [0, 0.1) is 0 Å². The number of piperidine rings is 1. The number of hydrogen-bond donors (Lipinski definition) is 2. The molecule has 2 fully saturated rings. The molecule has 2 aliphatic heterocycles. The van der Waals surface area contributed by atoms with E-state index in [1.54, 1.807) is 0 Å². The molecule has 0 bridgehead atoms. The summed E-state index contributed by atoms with van der Waals surface area (Å²) in [5, 5.41) is 13.3. The van der Waals surface area contributed by atoms with Gasteiger partial charge < -0.3 is 15.4 Å². The molecule has 9 nitrogen and oxygen atoms in total. The average molecular weight is 471 g/mol. The number of rotatable bonds is 6. The van der Waals surface area contributed by atoms with Crippen molar-refractivity contribution in [3.63, 3.8) is 0 Å². The van der Waals surface area contributed by atoms with E-state index in [1.807, 2.05) is 35.3 Å². The fourth-order valence-corrected chi connectivity index (χ4v) is 5.18. The van der Waals surface area contributed by atoms with Gasteiger partial charge in [-0.25, -0.2) is 0 Å². The summed E-state index contributed by atoms with van der Waals surface area (Å²) in [5.41, 5.74) is 7.00. The maximum Gasteiger partial charge on any atom is 0.226 e. The Balaban J connectivity index is 1.30.